The molecule has 2 aliphatic heterocycles. The normalized spacial score (nSPS) is 28.9. The lowest BCUT2D eigenvalue weighted by atomic mass is 10.0. The second kappa shape index (κ2) is 6.43. The monoisotopic (exact) mass is 293 g/mol. The molecule has 2 N–H and O–H groups in total. The van der Waals surface area contributed by atoms with Crippen LogP contribution < -0.4 is 5.32 Å². The molecule has 1 amide bonds. The Morgan fingerprint density at radius 2 is 2.19 bits per heavy atom. The van der Waals surface area contributed by atoms with Crippen LogP contribution in [0.2, 0.25) is 0 Å². The highest BCUT2D eigenvalue weighted by atomic mass is 16.7. The van der Waals surface area contributed by atoms with Gasteiger partial charge >= 0.3 is 6.09 Å². The van der Waals surface area contributed by atoms with Crippen molar-refractivity contribution in [2.45, 2.75) is 31.5 Å². The lowest BCUT2D eigenvalue weighted by molar-refractivity contribution is -0.0907. The van der Waals surface area contributed by atoms with Crippen LogP contribution in [0.1, 0.15) is 12.0 Å². The van der Waals surface area contributed by atoms with Crippen LogP contribution in [0.3, 0.4) is 0 Å². The van der Waals surface area contributed by atoms with Crippen molar-refractivity contribution >= 4 is 6.09 Å². The summed E-state index contributed by atoms with van der Waals surface area (Å²) in [4.78, 5) is 11.8. The molecule has 0 spiro atoms. The lowest BCUT2D eigenvalue weighted by Gasteiger charge is -2.18. The smallest absolute Gasteiger partial charge is 0.409 e. The van der Waals surface area contributed by atoms with E-state index in [1.165, 1.54) is 0 Å². The third kappa shape index (κ3) is 3.53. The van der Waals surface area contributed by atoms with Crippen LogP contribution in [0.15, 0.2) is 30.3 Å². The Hall–Kier alpha value is -1.63. The van der Waals surface area contributed by atoms with E-state index in [1.807, 2.05) is 30.3 Å². The summed E-state index contributed by atoms with van der Waals surface area (Å²) in [5.74, 6) is 0.0991. The van der Waals surface area contributed by atoms with Gasteiger partial charge in [-0.1, -0.05) is 30.3 Å². The zero-order chi connectivity index (χ0) is 14.7. The van der Waals surface area contributed by atoms with E-state index in [0.29, 0.717) is 19.6 Å². The summed E-state index contributed by atoms with van der Waals surface area (Å²) in [7, 11) is 0. The van der Waals surface area contributed by atoms with Gasteiger partial charge in [0.05, 0.1) is 19.1 Å². The average molecular weight is 293 g/mol. The standard InChI is InChI=1S/C15H19NO5/c17-13(8-10-4-2-1-3-5-10)16-15(18)21-12-9-20-14-11(12)6-7-19-14/h1-5,11-14,17H,6-9H2,(H,16,18)/t11-,12-,13+,14+/m0/s1. The van der Waals surface area contributed by atoms with Gasteiger partial charge in [-0.25, -0.2) is 4.79 Å². The molecule has 1 aromatic rings. The summed E-state index contributed by atoms with van der Waals surface area (Å²) in [6.45, 7) is 0.977. The van der Waals surface area contributed by atoms with E-state index in [-0.39, 0.29) is 18.3 Å². The zero-order valence-corrected chi connectivity index (χ0v) is 11.6. The maximum absolute atomic E-state index is 11.8. The van der Waals surface area contributed by atoms with Crippen molar-refractivity contribution in [1.82, 2.24) is 5.32 Å². The minimum absolute atomic E-state index is 0.0991. The van der Waals surface area contributed by atoms with Crippen molar-refractivity contribution in [2.75, 3.05) is 13.2 Å². The van der Waals surface area contributed by atoms with E-state index in [1.54, 1.807) is 0 Å². The Morgan fingerprint density at radius 3 is 3.00 bits per heavy atom. The van der Waals surface area contributed by atoms with Crippen LogP contribution in [-0.2, 0) is 20.6 Å². The van der Waals surface area contributed by atoms with Crippen LogP contribution in [0, 0.1) is 5.92 Å². The Morgan fingerprint density at radius 1 is 1.38 bits per heavy atom. The number of alkyl carbamates (subject to hydrolysis) is 1. The maximum Gasteiger partial charge on any atom is 0.409 e. The third-order valence-electron chi connectivity index (χ3n) is 3.80. The molecule has 114 valence electrons. The zero-order valence-electron chi connectivity index (χ0n) is 11.6. The fraction of sp³-hybridized carbons (Fsp3) is 0.533. The number of hydrogen-bond donors (Lipinski definition) is 2. The number of rotatable bonds is 4. The summed E-state index contributed by atoms with van der Waals surface area (Å²) in [5, 5.41) is 12.3. The lowest BCUT2D eigenvalue weighted by Crippen LogP contribution is -2.39. The highest BCUT2D eigenvalue weighted by molar-refractivity contribution is 5.67. The Labute approximate surface area is 123 Å². The molecule has 0 bridgehead atoms. The van der Waals surface area contributed by atoms with Gasteiger partial charge in [-0.05, 0) is 12.0 Å². The molecule has 0 unspecified atom stereocenters. The van der Waals surface area contributed by atoms with Crippen molar-refractivity contribution in [3.8, 4) is 0 Å². The molecule has 0 aromatic heterocycles. The van der Waals surface area contributed by atoms with Gasteiger partial charge in [0.1, 0.15) is 12.3 Å². The molecule has 21 heavy (non-hydrogen) atoms. The van der Waals surface area contributed by atoms with Gasteiger partial charge in [-0.3, -0.25) is 5.32 Å². The van der Waals surface area contributed by atoms with Gasteiger partial charge < -0.3 is 19.3 Å². The first-order valence-corrected chi connectivity index (χ1v) is 7.15. The fourth-order valence-electron chi connectivity index (χ4n) is 2.74. The largest absolute Gasteiger partial charge is 0.443 e. The molecule has 2 saturated heterocycles. The van der Waals surface area contributed by atoms with Gasteiger partial charge in [0.25, 0.3) is 0 Å². The number of aliphatic hydroxyl groups excluding tert-OH is 1. The highest BCUT2D eigenvalue weighted by Gasteiger charge is 2.43. The summed E-state index contributed by atoms with van der Waals surface area (Å²) in [6, 6.07) is 9.45. The SMILES string of the molecule is O=C(N[C@H](O)Cc1ccccc1)O[C@H]1CO[C@H]2OCC[C@H]21. The Balaban J connectivity index is 1.45. The number of ether oxygens (including phenoxy) is 3. The Bertz CT molecular complexity index is 480. The molecule has 6 heteroatoms. The molecule has 2 heterocycles. The second-order valence-corrected chi connectivity index (χ2v) is 5.32. The maximum atomic E-state index is 11.8. The van der Waals surface area contributed by atoms with Crippen LogP contribution in [-0.4, -0.2) is 43.0 Å². The van der Waals surface area contributed by atoms with E-state index in [4.69, 9.17) is 14.2 Å². The number of carbonyl (C=O) groups is 1. The molecule has 2 fully saturated rings. The average Bonchev–Trinajstić information content (AvgIpc) is 3.05. The van der Waals surface area contributed by atoms with E-state index in [9.17, 15) is 9.90 Å². The number of benzene rings is 1. The quantitative estimate of drug-likeness (QED) is 0.811. The highest BCUT2D eigenvalue weighted by Crippen LogP contribution is 2.32. The van der Waals surface area contributed by atoms with Crippen LogP contribution in [0.25, 0.3) is 0 Å². The van der Waals surface area contributed by atoms with Crippen LogP contribution >= 0.6 is 0 Å². The number of carbonyl (C=O) groups excluding carboxylic acids is 1. The summed E-state index contributed by atoms with van der Waals surface area (Å²) in [5.41, 5.74) is 0.943. The minimum Gasteiger partial charge on any atom is -0.443 e. The van der Waals surface area contributed by atoms with Crippen molar-refractivity contribution < 1.29 is 24.1 Å². The van der Waals surface area contributed by atoms with E-state index in [2.05, 4.69) is 5.32 Å². The first-order chi connectivity index (χ1) is 10.2. The first kappa shape index (κ1) is 14.3. The van der Waals surface area contributed by atoms with Crippen LogP contribution in [0.5, 0.6) is 0 Å². The van der Waals surface area contributed by atoms with E-state index >= 15 is 0 Å². The van der Waals surface area contributed by atoms with E-state index in [0.717, 1.165) is 12.0 Å². The van der Waals surface area contributed by atoms with Crippen molar-refractivity contribution in [3.05, 3.63) is 35.9 Å². The molecule has 3 rings (SSSR count). The second-order valence-electron chi connectivity index (χ2n) is 5.32. The molecule has 0 aliphatic carbocycles. The molecular weight excluding hydrogens is 274 g/mol. The molecule has 6 nitrogen and oxygen atoms in total. The summed E-state index contributed by atoms with van der Waals surface area (Å²) < 4.78 is 16.1. The number of fused-ring (bicyclic) bond motifs is 1. The summed E-state index contributed by atoms with van der Waals surface area (Å²) in [6.07, 6.45) is -0.988. The number of aliphatic hydroxyl groups is 1. The minimum atomic E-state index is -0.974. The predicted molar refractivity (Wildman–Crippen MR) is 73.4 cm³/mol. The molecule has 4 atom stereocenters. The van der Waals surface area contributed by atoms with Gasteiger partial charge in [0.15, 0.2) is 6.29 Å². The number of amides is 1. The third-order valence-corrected chi connectivity index (χ3v) is 3.80. The Kier molecular flexibility index (Phi) is 4.38. The van der Waals surface area contributed by atoms with Crippen molar-refractivity contribution in [1.29, 1.82) is 0 Å². The molecular formula is C15H19NO5. The van der Waals surface area contributed by atoms with Crippen molar-refractivity contribution in [2.24, 2.45) is 5.92 Å². The topological polar surface area (TPSA) is 77.0 Å². The van der Waals surface area contributed by atoms with Gasteiger partial charge in [0, 0.05) is 6.42 Å². The molecule has 2 aliphatic rings. The first-order valence-electron chi connectivity index (χ1n) is 7.15. The van der Waals surface area contributed by atoms with Gasteiger partial charge in [0.2, 0.25) is 0 Å². The summed E-state index contributed by atoms with van der Waals surface area (Å²) >= 11 is 0. The van der Waals surface area contributed by atoms with E-state index < -0.39 is 12.3 Å². The van der Waals surface area contributed by atoms with Gasteiger partial charge in [-0.15, -0.1) is 0 Å². The van der Waals surface area contributed by atoms with Gasteiger partial charge in [-0.2, -0.15) is 0 Å². The van der Waals surface area contributed by atoms with Crippen LogP contribution in [0.4, 0.5) is 4.79 Å². The molecule has 0 radical (unpaired) electrons. The van der Waals surface area contributed by atoms with Crippen molar-refractivity contribution in [3.63, 3.8) is 0 Å². The molecule has 0 saturated carbocycles. The number of hydrogen-bond acceptors (Lipinski definition) is 5. The predicted octanol–water partition coefficient (Wildman–Crippen LogP) is 1.04. The fourth-order valence-corrected chi connectivity index (χ4v) is 2.74. The molecule has 1 aromatic carbocycles. The number of nitrogens with one attached hydrogen (secondary N) is 1.